The molecule has 10 nitrogen and oxygen atoms in total. The average Bonchev–Trinajstić information content (AvgIpc) is 2.86. The van der Waals surface area contributed by atoms with E-state index in [1.807, 2.05) is 0 Å². The van der Waals surface area contributed by atoms with Crippen LogP contribution in [0.5, 0.6) is 5.75 Å². The summed E-state index contributed by atoms with van der Waals surface area (Å²) in [5.41, 5.74) is 0.505. The van der Waals surface area contributed by atoms with Gasteiger partial charge in [-0.05, 0) is 36.2 Å². The van der Waals surface area contributed by atoms with E-state index in [-0.39, 0.29) is 16.4 Å². The van der Waals surface area contributed by atoms with Crippen molar-refractivity contribution < 1.29 is 32.3 Å². The van der Waals surface area contributed by atoms with Crippen LogP contribution >= 0.6 is 0 Å². The minimum atomic E-state index is -3.76. The number of nitrogens with one attached hydrogen (secondary N) is 2. The SMILES string of the molecule is CCN(CC)S(=O)(=O)c1cccc(C(=O)N[C@H](C(=O)OCC(=O)Nc2ccccc2OC)C(C)C)c1. The van der Waals surface area contributed by atoms with Crippen molar-refractivity contribution in [3.8, 4) is 5.75 Å². The number of nitrogens with zero attached hydrogens (tertiary/aromatic N) is 1. The lowest BCUT2D eigenvalue weighted by atomic mass is 10.0. The molecule has 0 saturated carbocycles. The fourth-order valence-corrected chi connectivity index (χ4v) is 4.90. The molecule has 0 aliphatic carbocycles. The molecule has 0 spiro atoms. The minimum Gasteiger partial charge on any atom is -0.495 e. The van der Waals surface area contributed by atoms with E-state index in [4.69, 9.17) is 9.47 Å². The van der Waals surface area contributed by atoms with Crippen molar-refractivity contribution >= 4 is 33.5 Å². The van der Waals surface area contributed by atoms with E-state index in [9.17, 15) is 22.8 Å². The summed E-state index contributed by atoms with van der Waals surface area (Å²) in [5.74, 6) is -1.91. The van der Waals surface area contributed by atoms with Gasteiger partial charge < -0.3 is 20.1 Å². The number of sulfonamides is 1. The van der Waals surface area contributed by atoms with E-state index in [1.165, 1.54) is 35.7 Å². The molecule has 2 aromatic carbocycles. The number of carbonyl (C=O) groups is 3. The molecule has 0 fully saturated rings. The Bertz CT molecular complexity index is 1180. The first-order valence-electron chi connectivity index (χ1n) is 11.6. The standard InChI is InChI=1S/C25H33N3O7S/c1-6-28(7-2)36(32,33)19-12-10-11-18(15-19)24(30)27-23(17(3)4)25(31)35-16-22(29)26-20-13-8-9-14-21(20)34-5/h8-15,17,23H,6-7,16H2,1-5H3,(H,26,29)(H,27,30)/t23-/m0/s1. The van der Waals surface area contributed by atoms with Gasteiger partial charge in [0.1, 0.15) is 11.8 Å². The molecule has 11 heteroatoms. The highest BCUT2D eigenvalue weighted by Crippen LogP contribution is 2.23. The number of benzene rings is 2. The number of hydrogen-bond acceptors (Lipinski definition) is 7. The van der Waals surface area contributed by atoms with Crippen LogP contribution in [0, 0.1) is 5.92 Å². The third kappa shape index (κ3) is 7.28. The molecule has 1 atom stereocenters. The summed E-state index contributed by atoms with van der Waals surface area (Å²) in [6.45, 7) is 6.90. The molecule has 2 rings (SSSR count). The van der Waals surface area contributed by atoms with Gasteiger partial charge in [0.05, 0.1) is 17.7 Å². The number of esters is 1. The normalized spacial score (nSPS) is 12.2. The van der Waals surface area contributed by atoms with Crippen LogP contribution in [0.25, 0.3) is 0 Å². The van der Waals surface area contributed by atoms with Gasteiger partial charge >= 0.3 is 5.97 Å². The van der Waals surface area contributed by atoms with Gasteiger partial charge in [-0.15, -0.1) is 0 Å². The predicted octanol–water partition coefficient (Wildman–Crippen LogP) is 2.66. The zero-order chi connectivity index (χ0) is 26.9. The first kappa shape index (κ1) is 28.8. The monoisotopic (exact) mass is 519 g/mol. The number of para-hydroxylation sites is 2. The van der Waals surface area contributed by atoms with Crippen LogP contribution in [0.4, 0.5) is 5.69 Å². The van der Waals surface area contributed by atoms with Gasteiger partial charge in [0.25, 0.3) is 11.8 Å². The van der Waals surface area contributed by atoms with E-state index in [0.717, 1.165) is 0 Å². The van der Waals surface area contributed by atoms with Gasteiger partial charge in [0, 0.05) is 18.7 Å². The summed E-state index contributed by atoms with van der Waals surface area (Å²) in [6.07, 6.45) is 0. The summed E-state index contributed by atoms with van der Waals surface area (Å²) in [5, 5.41) is 5.19. The third-order valence-electron chi connectivity index (χ3n) is 5.37. The molecule has 0 unspecified atom stereocenters. The highest BCUT2D eigenvalue weighted by molar-refractivity contribution is 7.89. The summed E-state index contributed by atoms with van der Waals surface area (Å²) < 4.78 is 37.2. The number of rotatable bonds is 12. The Balaban J connectivity index is 2.08. The van der Waals surface area contributed by atoms with Crippen molar-refractivity contribution in [2.75, 3.05) is 32.1 Å². The molecule has 2 amide bonds. The first-order chi connectivity index (χ1) is 17.0. The summed E-state index contributed by atoms with van der Waals surface area (Å²) in [6, 6.07) is 11.3. The average molecular weight is 520 g/mol. The smallest absolute Gasteiger partial charge is 0.329 e. The molecule has 0 heterocycles. The maximum atomic E-state index is 12.9. The van der Waals surface area contributed by atoms with Gasteiger partial charge in [0.2, 0.25) is 10.0 Å². The molecular formula is C25H33N3O7S. The molecule has 36 heavy (non-hydrogen) atoms. The topological polar surface area (TPSA) is 131 Å². The van der Waals surface area contributed by atoms with E-state index < -0.39 is 40.5 Å². The van der Waals surface area contributed by atoms with Crippen molar-refractivity contribution in [3.63, 3.8) is 0 Å². The van der Waals surface area contributed by atoms with E-state index in [1.54, 1.807) is 52.0 Å². The van der Waals surface area contributed by atoms with Gasteiger partial charge in [-0.1, -0.05) is 45.9 Å². The Hall–Kier alpha value is -3.44. The largest absolute Gasteiger partial charge is 0.495 e. The third-order valence-corrected chi connectivity index (χ3v) is 7.42. The lowest BCUT2D eigenvalue weighted by Crippen LogP contribution is -2.46. The number of amides is 2. The number of hydrogen-bond donors (Lipinski definition) is 2. The fraction of sp³-hybridized carbons (Fsp3) is 0.400. The Morgan fingerprint density at radius 3 is 2.28 bits per heavy atom. The second-order valence-corrected chi connectivity index (χ2v) is 10.1. The van der Waals surface area contributed by atoms with Crippen LogP contribution in [0.15, 0.2) is 53.4 Å². The zero-order valence-electron chi connectivity index (χ0n) is 21.1. The Morgan fingerprint density at radius 2 is 1.67 bits per heavy atom. The highest BCUT2D eigenvalue weighted by Gasteiger charge is 2.28. The van der Waals surface area contributed by atoms with Crippen molar-refractivity contribution in [1.29, 1.82) is 0 Å². The van der Waals surface area contributed by atoms with Crippen molar-refractivity contribution in [2.45, 2.75) is 38.6 Å². The Labute approximate surface area is 212 Å². The molecule has 0 saturated heterocycles. The van der Waals surface area contributed by atoms with Crippen LogP contribution in [0.2, 0.25) is 0 Å². The summed E-state index contributed by atoms with van der Waals surface area (Å²) in [4.78, 5) is 37.8. The lowest BCUT2D eigenvalue weighted by Gasteiger charge is -2.21. The Morgan fingerprint density at radius 1 is 1.00 bits per heavy atom. The van der Waals surface area contributed by atoms with E-state index in [2.05, 4.69) is 10.6 Å². The highest BCUT2D eigenvalue weighted by atomic mass is 32.2. The first-order valence-corrected chi connectivity index (χ1v) is 13.0. The minimum absolute atomic E-state index is 0.0180. The Kier molecular flexibility index (Phi) is 10.4. The maximum Gasteiger partial charge on any atom is 0.329 e. The van der Waals surface area contributed by atoms with Gasteiger partial charge in [0.15, 0.2) is 6.61 Å². The fourth-order valence-electron chi connectivity index (χ4n) is 3.39. The quantitative estimate of drug-likeness (QED) is 0.412. The van der Waals surface area contributed by atoms with Gasteiger partial charge in [-0.3, -0.25) is 9.59 Å². The van der Waals surface area contributed by atoms with Gasteiger partial charge in [-0.2, -0.15) is 4.31 Å². The van der Waals surface area contributed by atoms with E-state index in [0.29, 0.717) is 24.5 Å². The number of anilines is 1. The molecule has 0 aromatic heterocycles. The van der Waals surface area contributed by atoms with Crippen LogP contribution in [0.1, 0.15) is 38.1 Å². The zero-order valence-corrected chi connectivity index (χ0v) is 21.9. The molecule has 0 radical (unpaired) electrons. The summed E-state index contributed by atoms with van der Waals surface area (Å²) >= 11 is 0. The second kappa shape index (κ2) is 13.0. The van der Waals surface area contributed by atoms with Crippen LogP contribution < -0.4 is 15.4 Å². The van der Waals surface area contributed by atoms with Crippen molar-refractivity contribution in [3.05, 3.63) is 54.1 Å². The molecule has 196 valence electrons. The van der Waals surface area contributed by atoms with E-state index >= 15 is 0 Å². The molecule has 2 N–H and O–H groups in total. The number of ether oxygens (including phenoxy) is 2. The van der Waals surface area contributed by atoms with Crippen molar-refractivity contribution in [1.82, 2.24) is 9.62 Å². The molecule has 2 aromatic rings. The second-order valence-electron chi connectivity index (χ2n) is 8.17. The number of methoxy groups -OCH3 is 1. The predicted molar refractivity (Wildman–Crippen MR) is 135 cm³/mol. The van der Waals surface area contributed by atoms with Crippen molar-refractivity contribution in [2.24, 2.45) is 5.92 Å². The number of carbonyl (C=O) groups excluding carboxylic acids is 3. The molecule has 0 aliphatic rings. The molecular weight excluding hydrogens is 486 g/mol. The maximum absolute atomic E-state index is 12.9. The molecule has 0 aliphatic heterocycles. The molecule has 0 bridgehead atoms. The van der Waals surface area contributed by atoms with Gasteiger partial charge in [-0.25, -0.2) is 13.2 Å². The van der Waals surface area contributed by atoms with Crippen LogP contribution in [0.3, 0.4) is 0 Å². The van der Waals surface area contributed by atoms with Crippen LogP contribution in [-0.4, -0.2) is 63.4 Å². The lowest BCUT2D eigenvalue weighted by molar-refractivity contribution is -0.150. The van der Waals surface area contributed by atoms with Crippen LogP contribution in [-0.2, 0) is 24.3 Å². The summed E-state index contributed by atoms with van der Waals surface area (Å²) in [7, 11) is -2.29.